The zero-order chi connectivity index (χ0) is 10.4. The van der Waals surface area contributed by atoms with Gasteiger partial charge < -0.3 is 9.80 Å². The number of likely N-dealkylation sites (N-methyl/N-ethyl adjacent to an activating group) is 1. The molecule has 0 fully saturated rings. The molecular weight excluding hydrogens is 160 g/mol. The predicted molar refractivity (Wildman–Crippen MR) is 59.8 cm³/mol. The molecule has 2 nitrogen and oxygen atoms in total. The van der Waals surface area contributed by atoms with Crippen molar-refractivity contribution in [3.63, 3.8) is 0 Å². The van der Waals surface area contributed by atoms with Crippen LogP contribution < -0.4 is 0 Å². The average molecular weight is 184 g/mol. The molecule has 0 aromatic carbocycles. The van der Waals surface area contributed by atoms with Crippen molar-refractivity contribution < 1.29 is 0 Å². The van der Waals surface area contributed by atoms with Gasteiger partial charge in [0, 0.05) is 25.3 Å². The molecule has 0 heterocycles. The Morgan fingerprint density at radius 2 is 1.77 bits per heavy atom. The molecule has 0 saturated heterocycles. The van der Waals surface area contributed by atoms with E-state index in [0.717, 1.165) is 13.1 Å². The molecule has 0 aliphatic rings. The van der Waals surface area contributed by atoms with Crippen molar-refractivity contribution in [2.75, 3.05) is 27.2 Å². The quantitative estimate of drug-likeness (QED) is 0.646. The molecule has 0 aromatic rings. The maximum atomic E-state index is 2.33. The minimum Gasteiger partial charge on any atom is -0.379 e. The maximum absolute atomic E-state index is 2.33. The van der Waals surface area contributed by atoms with Crippen LogP contribution in [0.25, 0.3) is 0 Å². The van der Waals surface area contributed by atoms with Gasteiger partial charge in [-0.15, -0.1) is 0 Å². The van der Waals surface area contributed by atoms with Gasteiger partial charge in [0.1, 0.15) is 0 Å². The Morgan fingerprint density at radius 3 is 2.15 bits per heavy atom. The first-order valence-corrected chi connectivity index (χ1v) is 5.12. The van der Waals surface area contributed by atoms with E-state index in [1.165, 1.54) is 5.70 Å². The zero-order valence-corrected chi connectivity index (χ0v) is 9.96. The summed E-state index contributed by atoms with van der Waals surface area (Å²) >= 11 is 0. The lowest BCUT2D eigenvalue weighted by Crippen LogP contribution is -2.28. The Balaban J connectivity index is 4.20. The minimum absolute atomic E-state index is 0.527. The Bertz CT molecular complexity index is 163. The van der Waals surface area contributed by atoms with Crippen LogP contribution in [0.5, 0.6) is 0 Å². The predicted octanol–water partition coefficient (Wildman–Crippen LogP) is 2.18. The van der Waals surface area contributed by atoms with Crippen LogP contribution in [-0.4, -0.2) is 43.0 Å². The minimum atomic E-state index is 0.527. The summed E-state index contributed by atoms with van der Waals surface area (Å²) in [5, 5.41) is 0. The summed E-state index contributed by atoms with van der Waals surface area (Å²) in [6.07, 6.45) is 2.31. The van der Waals surface area contributed by atoms with Gasteiger partial charge in [-0.25, -0.2) is 0 Å². The Kier molecular flexibility index (Phi) is 5.80. The number of rotatable bonds is 5. The van der Waals surface area contributed by atoms with E-state index in [-0.39, 0.29) is 0 Å². The molecule has 1 atom stereocenters. The number of nitrogens with zero attached hydrogens (tertiary/aromatic N) is 2. The first-order chi connectivity index (χ1) is 6.02. The van der Waals surface area contributed by atoms with Gasteiger partial charge in [0.15, 0.2) is 0 Å². The fourth-order valence-corrected chi connectivity index (χ4v) is 1.14. The van der Waals surface area contributed by atoms with Crippen molar-refractivity contribution in [2.24, 2.45) is 0 Å². The van der Waals surface area contributed by atoms with E-state index >= 15 is 0 Å². The van der Waals surface area contributed by atoms with Crippen LogP contribution in [0.15, 0.2) is 11.8 Å². The average Bonchev–Trinajstić information content (AvgIpc) is 2.14. The Morgan fingerprint density at radius 1 is 1.23 bits per heavy atom. The van der Waals surface area contributed by atoms with Gasteiger partial charge in [0.25, 0.3) is 0 Å². The van der Waals surface area contributed by atoms with Crippen LogP contribution in [0.4, 0.5) is 0 Å². The molecule has 2 heteroatoms. The van der Waals surface area contributed by atoms with Gasteiger partial charge in [-0.2, -0.15) is 0 Å². The Labute approximate surface area is 83.2 Å². The summed E-state index contributed by atoms with van der Waals surface area (Å²) in [4.78, 5) is 4.59. The molecule has 0 aliphatic heterocycles. The highest BCUT2D eigenvalue weighted by Crippen LogP contribution is 2.04. The van der Waals surface area contributed by atoms with E-state index in [4.69, 9.17) is 0 Å². The molecule has 0 saturated carbocycles. The second-order valence-corrected chi connectivity index (χ2v) is 3.64. The highest BCUT2D eigenvalue weighted by Gasteiger charge is 2.04. The van der Waals surface area contributed by atoms with Crippen molar-refractivity contribution in [1.29, 1.82) is 0 Å². The van der Waals surface area contributed by atoms with Crippen molar-refractivity contribution in [3.8, 4) is 0 Å². The van der Waals surface area contributed by atoms with Crippen LogP contribution in [0.2, 0.25) is 0 Å². The van der Waals surface area contributed by atoms with E-state index in [1.807, 2.05) is 0 Å². The molecule has 0 N–H and O–H groups in total. The third kappa shape index (κ3) is 4.32. The summed E-state index contributed by atoms with van der Waals surface area (Å²) in [5.41, 5.74) is 1.36. The zero-order valence-electron chi connectivity index (χ0n) is 9.96. The molecule has 0 aromatic heterocycles. The molecule has 0 aliphatic carbocycles. The number of allylic oxidation sites excluding steroid dienone is 1. The van der Waals surface area contributed by atoms with Gasteiger partial charge in [0.05, 0.1) is 0 Å². The van der Waals surface area contributed by atoms with E-state index < -0.39 is 0 Å². The topological polar surface area (TPSA) is 6.48 Å². The van der Waals surface area contributed by atoms with Crippen LogP contribution in [-0.2, 0) is 0 Å². The lowest BCUT2D eigenvalue weighted by molar-refractivity contribution is 0.307. The Hall–Kier alpha value is -0.500. The lowest BCUT2D eigenvalue weighted by atomic mass is 10.2. The van der Waals surface area contributed by atoms with E-state index in [0.29, 0.717) is 6.04 Å². The third-order valence-electron chi connectivity index (χ3n) is 2.75. The van der Waals surface area contributed by atoms with Crippen molar-refractivity contribution in [2.45, 2.75) is 33.7 Å². The molecule has 0 amide bonds. The second kappa shape index (κ2) is 6.03. The lowest BCUT2D eigenvalue weighted by Gasteiger charge is -2.24. The monoisotopic (exact) mass is 184 g/mol. The standard InChI is InChI=1S/C11H24N2/c1-7-12(5)10(3)9-11(4)13(6)8-2/h9-10H,7-8H2,1-6H3/b11-9-. The number of hydrogen-bond acceptors (Lipinski definition) is 2. The van der Waals surface area contributed by atoms with Crippen LogP contribution >= 0.6 is 0 Å². The van der Waals surface area contributed by atoms with E-state index in [2.05, 4.69) is 57.7 Å². The van der Waals surface area contributed by atoms with Crippen LogP contribution in [0.3, 0.4) is 0 Å². The maximum Gasteiger partial charge on any atom is 0.0266 e. The molecular formula is C11H24N2. The molecule has 1 unspecified atom stereocenters. The number of hydrogen-bond donors (Lipinski definition) is 0. The fraction of sp³-hybridized carbons (Fsp3) is 0.818. The first kappa shape index (κ1) is 12.5. The van der Waals surface area contributed by atoms with E-state index in [1.54, 1.807) is 0 Å². The summed E-state index contributed by atoms with van der Waals surface area (Å²) in [6.45, 7) is 10.9. The van der Waals surface area contributed by atoms with Gasteiger partial charge in [-0.3, -0.25) is 0 Å². The first-order valence-electron chi connectivity index (χ1n) is 5.12. The van der Waals surface area contributed by atoms with E-state index in [9.17, 15) is 0 Å². The van der Waals surface area contributed by atoms with Gasteiger partial charge in [0.2, 0.25) is 0 Å². The fourth-order valence-electron chi connectivity index (χ4n) is 1.14. The van der Waals surface area contributed by atoms with Crippen LogP contribution in [0.1, 0.15) is 27.7 Å². The molecule has 78 valence electrons. The van der Waals surface area contributed by atoms with Crippen molar-refractivity contribution in [3.05, 3.63) is 11.8 Å². The SMILES string of the molecule is CCN(C)/C(C)=C\C(C)N(C)CC. The highest BCUT2D eigenvalue weighted by molar-refractivity contribution is 5.01. The normalized spacial score (nSPS) is 14.8. The summed E-state index contributed by atoms with van der Waals surface area (Å²) in [5.74, 6) is 0. The van der Waals surface area contributed by atoms with Gasteiger partial charge in [-0.05, 0) is 40.4 Å². The van der Waals surface area contributed by atoms with Crippen molar-refractivity contribution in [1.82, 2.24) is 9.80 Å². The van der Waals surface area contributed by atoms with Gasteiger partial charge >= 0.3 is 0 Å². The second-order valence-electron chi connectivity index (χ2n) is 3.64. The highest BCUT2D eigenvalue weighted by atomic mass is 15.1. The van der Waals surface area contributed by atoms with Crippen LogP contribution in [0, 0.1) is 0 Å². The summed E-state index contributed by atoms with van der Waals surface area (Å²) in [7, 11) is 4.28. The molecule has 0 radical (unpaired) electrons. The smallest absolute Gasteiger partial charge is 0.0266 e. The summed E-state index contributed by atoms with van der Waals surface area (Å²) < 4.78 is 0. The van der Waals surface area contributed by atoms with Crippen molar-refractivity contribution >= 4 is 0 Å². The third-order valence-corrected chi connectivity index (χ3v) is 2.75. The molecule has 13 heavy (non-hydrogen) atoms. The molecule has 0 bridgehead atoms. The largest absolute Gasteiger partial charge is 0.379 e. The molecule has 0 spiro atoms. The molecule has 0 rings (SSSR count). The summed E-state index contributed by atoms with van der Waals surface area (Å²) in [6, 6.07) is 0.527. The van der Waals surface area contributed by atoms with Gasteiger partial charge in [-0.1, -0.05) is 6.92 Å².